The molecule has 0 amide bonds. The van der Waals surface area contributed by atoms with Crippen LogP contribution in [0.1, 0.15) is 88.6 Å². The second-order valence-corrected chi connectivity index (χ2v) is 13.1. The first-order valence-corrected chi connectivity index (χ1v) is 15.1. The number of carbonyl (C=O) groups is 3. The summed E-state index contributed by atoms with van der Waals surface area (Å²) in [6.07, 6.45) is 5.36. The van der Waals surface area contributed by atoms with E-state index in [0.29, 0.717) is 31.2 Å². The standard InChI is InChI=1S/C33H45NO6/c1-5-34(6-2)19-21-8-7-9-22(16-21)30(38)40-20-28(37)33(39)15-13-26-25-11-10-23-17-24(35)12-14-31(23,3)29(25)27(36)18-32(26,33)4/h7-9,16-17,25-27,29,36,39H,5-6,10-15,18-20H2,1-4H3/t25?,26?,27?,29?,31?,32?,33-/m0/s1. The zero-order chi connectivity index (χ0) is 28.9. The Hall–Kier alpha value is -2.35. The minimum absolute atomic E-state index is 0.0116. The highest BCUT2D eigenvalue weighted by Crippen LogP contribution is 2.67. The van der Waals surface area contributed by atoms with Crippen molar-refractivity contribution in [3.63, 3.8) is 0 Å². The van der Waals surface area contributed by atoms with Crippen LogP contribution < -0.4 is 0 Å². The van der Waals surface area contributed by atoms with Crippen LogP contribution in [0.2, 0.25) is 0 Å². The third-order valence-electron chi connectivity index (χ3n) is 11.3. The Morgan fingerprint density at radius 1 is 1.10 bits per heavy atom. The largest absolute Gasteiger partial charge is 0.454 e. The van der Waals surface area contributed by atoms with Gasteiger partial charge in [0.05, 0.1) is 11.7 Å². The van der Waals surface area contributed by atoms with Gasteiger partial charge in [-0.2, -0.15) is 0 Å². The van der Waals surface area contributed by atoms with Gasteiger partial charge in [0, 0.05) is 18.4 Å². The summed E-state index contributed by atoms with van der Waals surface area (Å²) in [6, 6.07) is 7.28. The number of aliphatic hydroxyl groups excluding tert-OH is 1. The van der Waals surface area contributed by atoms with E-state index in [0.717, 1.165) is 50.0 Å². The molecule has 4 aliphatic carbocycles. The molecule has 7 heteroatoms. The van der Waals surface area contributed by atoms with Gasteiger partial charge in [-0.25, -0.2) is 4.79 Å². The zero-order valence-corrected chi connectivity index (χ0v) is 24.4. The Bertz CT molecular complexity index is 1210. The SMILES string of the molecule is CCN(CC)Cc1cccc(C(=O)OCC(=O)[C@@]2(O)CCC3C4CCC5=CC(=O)CCC5(C)C4C(O)CC32C)c1. The molecule has 0 saturated heterocycles. The molecule has 0 radical (unpaired) electrons. The smallest absolute Gasteiger partial charge is 0.338 e. The Morgan fingerprint density at radius 2 is 1.85 bits per heavy atom. The summed E-state index contributed by atoms with van der Waals surface area (Å²) < 4.78 is 5.47. The first kappa shape index (κ1) is 29.2. The third kappa shape index (κ3) is 4.68. The number of esters is 1. The minimum atomic E-state index is -1.66. The van der Waals surface area contributed by atoms with E-state index >= 15 is 0 Å². The van der Waals surface area contributed by atoms with Crippen LogP contribution in [0.15, 0.2) is 35.9 Å². The molecular formula is C33H45NO6. The van der Waals surface area contributed by atoms with E-state index in [1.165, 1.54) is 0 Å². The van der Waals surface area contributed by atoms with Gasteiger partial charge < -0.3 is 14.9 Å². The van der Waals surface area contributed by atoms with E-state index in [1.807, 2.05) is 25.1 Å². The molecule has 7 atom stereocenters. The zero-order valence-electron chi connectivity index (χ0n) is 24.4. The molecule has 4 aliphatic rings. The van der Waals surface area contributed by atoms with E-state index in [1.54, 1.807) is 12.1 Å². The molecule has 40 heavy (non-hydrogen) atoms. The van der Waals surface area contributed by atoms with Gasteiger partial charge in [0.1, 0.15) is 5.60 Å². The average molecular weight is 552 g/mol. The summed E-state index contributed by atoms with van der Waals surface area (Å²) in [6.45, 7) is 10.4. The first-order chi connectivity index (χ1) is 19.0. The summed E-state index contributed by atoms with van der Waals surface area (Å²) in [5.41, 5.74) is -0.137. The number of ether oxygens (including phenoxy) is 1. The van der Waals surface area contributed by atoms with E-state index < -0.39 is 35.5 Å². The second kappa shape index (κ2) is 10.8. The maximum atomic E-state index is 13.6. The van der Waals surface area contributed by atoms with Crippen LogP contribution in [0, 0.1) is 28.6 Å². The molecule has 2 N–H and O–H groups in total. The topological polar surface area (TPSA) is 104 Å². The average Bonchev–Trinajstić information content (AvgIpc) is 3.21. The van der Waals surface area contributed by atoms with Gasteiger partial charge in [-0.15, -0.1) is 0 Å². The molecule has 5 rings (SSSR count). The van der Waals surface area contributed by atoms with Crippen molar-refractivity contribution in [2.45, 2.75) is 90.9 Å². The minimum Gasteiger partial charge on any atom is -0.454 e. The molecule has 1 aromatic carbocycles. The van der Waals surface area contributed by atoms with Crippen molar-refractivity contribution >= 4 is 17.5 Å². The van der Waals surface area contributed by atoms with E-state index in [4.69, 9.17) is 4.74 Å². The molecule has 3 fully saturated rings. The van der Waals surface area contributed by atoms with E-state index in [9.17, 15) is 24.6 Å². The molecule has 6 unspecified atom stereocenters. The fourth-order valence-corrected chi connectivity index (χ4v) is 8.99. The van der Waals surface area contributed by atoms with E-state index in [-0.39, 0.29) is 29.0 Å². The first-order valence-electron chi connectivity index (χ1n) is 15.1. The summed E-state index contributed by atoms with van der Waals surface area (Å²) in [4.78, 5) is 40.9. The molecule has 0 bridgehead atoms. The quantitative estimate of drug-likeness (QED) is 0.459. The summed E-state index contributed by atoms with van der Waals surface area (Å²) in [5, 5.41) is 23.5. The Balaban J connectivity index is 1.29. The van der Waals surface area contributed by atoms with Gasteiger partial charge in [0.25, 0.3) is 0 Å². The molecule has 0 heterocycles. The molecular weight excluding hydrogens is 506 g/mol. The highest BCUT2D eigenvalue weighted by Gasteiger charge is 2.68. The number of nitrogens with zero attached hydrogens (tertiary/aromatic N) is 1. The maximum absolute atomic E-state index is 13.6. The number of benzene rings is 1. The molecule has 7 nitrogen and oxygen atoms in total. The van der Waals surface area contributed by atoms with Crippen LogP contribution >= 0.6 is 0 Å². The summed E-state index contributed by atoms with van der Waals surface area (Å²) in [5.74, 6) is -0.625. The molecule has 3 saturated carbocycles. The van der Waals surface area contributed by atoms with Gasteiger partial charge in [-0.1, -0.05) is 45.4 Å². The number of Topliss-reactive ketones (excluding diaryl/α,β-unsaturated/α-hetero) is 1. The van der Waals surface area contributed by atoms with Crippen LogP contribution in [0.25, 0.3) is 0 Å². The number of carbonyl (C=O) groups excluding carboxylic acids is 3. The van der Waals surface area contributed by atoms with Gasteiger partial charge >= 0.3 is 5.97 Å². The lowest BCUT2D eigenvalue weighted by molar-refractivity contribution is -0.182. The molecule has 218 valence electrons. The van der Waals surface area contributed by atoms with Crippen molar-refractivity contribution in [2.24, 2.45) is 28.6 Å². The number of aliphatic hydroxyl groups is 2. The van der Waals surface area contributed by atoms with Gasteiger partial charge in [0.2, 0.25) is 5.78 Å². The monoisotopic (exact) mass is 551 g/mol. The molecule has 1 aromatic rings. The van der Waals surface area contributed by atoms with Crippen molar-refractivity contribution < 1.29 is 29.3 Å². The van der Waals surface area contributed by atoms with Crippen molar-refractivity contribution in [1.29, 1.82) is 0 Å². The maximum Gasteiger partial charge on any atom is 0.338 e. The Morgan fingerprint density at radius 3 is 2.58 bits per heavy atom. The highest BCUT2D eigenvalue weighted by atomic mass is 16.5. The van der Waals surface area contributed by atoms with Crippen molar-refractivity contribution in [2.75, 3.05) is 19.7 Å². The van der Waals surface area contributed by atoms with Crippen molar-refractivity contribution in [3.8, 4) is 0 Å². The highest BCUT2D eigenvalue weighted by molar-refractivity contribution is 5.94. The number of hydrogen-bond donors (Lipinski definition) is 2. The van der Waals surface area contributed by atoms with Crippen molar-refractivity contribution in [1.82, 2.24) is 4.90 Å². The second-order valence-electron chi connectivity index (χ2n) is 13.1. The van der Waals surface area contributed by atoms with Gasteiger partial charge in [-0.05, 0) is 98.6 Å². The third-order valence-corrected chi connectivity index (χ3v) is 11.3. The van der Waals surface area contributed by atoms with Gasteiger partial charge in [0.15, 0.2) is 12.4 Å². The number of ketones is 2. The predicted molar refractivity (Wildman–Crippen MR) is 151 cm³/mol. The Kier molecular flexibility index (Phi) is 7.88. The lowest BCUT2D eigenvalue weighted by atomic mass is 9.45. The van der Waals surface area contributed by atoms with E-state index in [2.05, 4.69) is 25.7 Å². The number of fused-ring (bicyclic) bond motifs is 5. The summed E-state index contributed by atoms with van der Waals surface area (Å²) >= 11 is 0. The normalized spacial score (nSPS) is 36.9. The molecule has 0 aliphatic heterocycles. The van der Waals surface area contributed by atoms with Crippen molar-refractivity contribution in [3.05, 3.63) is 47.0 Å². The Labute approximate surface area is 238 Å². The van der Waals surface area contributed by atoms with Crippen LogP contribution in [0.4, 0.5) is 0 Å². The lowest BCUT2D eigenvalue weighted by Crippen LogP contribution is -2.62. The fraction of sp³-hybridized carbons (Fsp3) is 0.667. The fourth-order valence-electron chi connectivity index (χ4n) is 8.99. The number of hydrogen-bond acceptors (Lipinski definition) is 7. The van der Waals surface area contributed by atoms with Crippen LogP contribution in [0.5, 0.6) is 0 Å². The molecule has 0 aromatic heterocycles. The van der Waals surface area contributed by atoms with Crippen LogP contribution in [-0.2, 0) is 20.9 Å². The summed E-state index contributed by atoms with van der Waals surface area (Å²) in [7, 11) is 0. The number of allylic oxidation sites excluding steroid dienone is 1. The number of rotatable bonds is 8. The lowest BCUT2D eigenvalue weighted by Gasteiger charge is -2.60. The predicted octanol–water partition coefficient (Wildman–Crippen LogP) is 4.49. The van der Waals surface area contributed by atoms with Crippen LogP contribution in [0.3, 0.4) is 0 Å². The van der Waals surface area contributed by atoms with Gasteiger partial charge in [-0.3, -0.25) is 14.5 Å². The van der Waals surface area contributed by atoms with Crippen LogP contribution in [-0.4, -0.2) is 64.1 Å². The molecule has 0 spiro atoms.